The Kier molecular flexibility index (Phi) is 3.40. The lowest BCUT2D eigenvalue weighted by Gasteiger charge is -2.09. The van der Waals surface area contributed by atoms with Crippen molar-refractivity contribution in [2.45, 2.75) is 6.92 Å². The summed E-state index contributed by atoms with van der Waals surface area (Å²) in [5.41, 5.74) is 1.05. The smallest absolute Gasteiger partial charge is 0.163 e. The van der Waals surface area contributed by atoms with Crippen LogP contribution in [0.3, 0.4) is 0 Å². The molecule has 3 nitrogen and oxygen atoms in total. The van der Waals surface area contributed by atoms with Crippen LogP contribution in [0.15, 0.2) is 48.5 Å². The van der Waals surface area contributed by atoms with Crippen LogP contribution in [0.1, 0.15) is 22.8 Å². The molecule has 0 spiro atoms. The van der Waals surface area contributed by atoms with E-state index >= 15 is 0 Å². The standard InChI is InChI=1S/C15H11NO2/c1-11(17)14-7-2-3-8-15(14)18-13-6-4-5-12(9-13)10-16/h2-9H,1H3. The minimum absolute atomic E-state index is 0.0537. The number of hydrogen-bond acceptors (Lipinski definition) is 3. The average molecular weight is 237 g/mol. The molecule has 0 fully saturated rings. The number of Topliss-reactive ketones (excluding diaryl/α,β-unsaturated/α-hetero) is 1. The summed E-state index contributed by atoms with van der Waals surface area (Å²) in [6.45, 7) is 1.49. The minimum atomic E-state index is -0.0537. The fraction of sp³-hybridized carbons (Fsp3) is 0.0667. The quantitative estimate of drug-likeness (QED) is 0.767. The summed E-state index contributed by atoms with van der Waals surface area (Å²) in [6.07, 6.45) is 0. The van der Waals surface area contributed by atoms with E-state index in [1.54, 1.807) is 48.5 Å². The van der Waals surface area contributed by atoms with Crippen LogP contribution in [-0.4, -0.2) is 5.78 Å². The van der Waals surface area contributed by atoms with Crippen LogP contribution < -0.4 is 4.74 Å². The predicted molar refractivity (Wildman–Crippen MR) is 67.7 cm³/mol. The molecule has 0 aliphatic heterocycles. The van der Waals surface area contributed by atoms with Crippen LogP contribution in [0, 0.1) is 11.3 Å². The van der Waals surface area contributed by atoms with Gasteiger partial charge in [-0.05, 0) is 37.3 Å². The normalized spacial score (nSPS) is 9.56. The van der Waals surface area contributed by atoms with Gasteiger partial charge in [0.25, 0.3) is 0 Å². The molecule has 18 heavy (non-hydrogen) atoms. The van der Waals surface area contributed by atoms with E-state index in [2.05, 4.69) is 0 Å². The van der Waals surface area contributed by atoms with E-state index < -0.39 is 0 Å². The Labute approximate surface area is 105 Å². The van der Waals surface area contributed by atoms with Crippen LogP contribution in [0.2, 0.25) is 0 Å². The van der Waals surface area contributed by atoms with Crippen molar-refractivity contribution < 1.29 is 9.53 Å². The van der Waals surface area contributed by atoms with Crippen molar-refractivity contribution in [2.24, 2.45) is 0 Å². The number of carbonyl (C=O) groups excluding carboxylic acids is 1. The largest absolute Gasteiger partial charge is 0.457 e. The number of ether oxygens (including phenoxy) is 1. The van der Waals surface area contributed by atoms with Gasteiger partial charge in [0.1, 0.15) is 11.5 Å². The molecule has 0 aliphatic carbocycles. The number of para-hydroxylation sites is 1. The Morgan fingerprint density at radius 2 is 1.94 bits per heavy atom. The van der Waals surface area contributed by atoms with Gasteiger partial charge in [-0.1, -0.05) is 18.2 Å². The van der Waals surface area contributed by atoms with Crippen molar-refractivity contribution in [3.8, 4) is 17.6 Å². The third-order valence-corrected chi connectivity index (χ3v) is 2.46. The third kappa shape index (κ3) is 2.55. The summed E-state index contributed by atoms with van der Waals surface area (Å²) in [5.74, 6) is 0.991. The van der Waals surface area contributed by atoms with Gasteiger partial charge in [0.05, 0.1) is 17.2 Å². The number of benzene rings is 2. The van der Waals surface area contributed by atoms with Gasteiger partial charge in [-0.25, -0.2) is 0 Å². The molecule has 0 heterocycles. The molecule has 0 aliphatic rings. The van der Waals surface area contributed by atoms with Gasteiger partial charge >= 0.3 is 0 Å². The molecule has 3 heteroatoms. The predicted octanol–water partition coefficient (Wildman–Crippen LogP) is 3.55. The molecule has 0 atom stereocenters. The Hall–Kier alpha value is -2.60. The summed E-state index contributed by atoms with van der Waals surface area (Å²) in [6, 6.07) is 15.9. The molecule has 0 saturated carbocycles. The Morgan fingerprint density at radius 1 is 1.17 bits per heavy atom. The zero-order valence-corrected chi connectivity index (χ0v) is 9.88. The highest BCUT2D eigenvalue weighted by atomic mass is 16.5. The maximum atomic E-state index is 11.4. The molecule has 0 bridgehead atoms. The van der Waals surface area contributed by atoms with Crippen molar-refractivity contribution >= 4 is 5.78 Å². The molecule has 0 radical (unpaired) electrons. The van der Waals surface area contributed by atoms with Crippen LogP contribution in [0.4, 0.5) is 0 Å². The van der Waals surface area contributed by atoms with Gasteiger partial charge in [-0.15, -0.1) is 0 Å². The Morgan fingerprint density at radius 3 is 2.67 bits per heavy atom. The lowest BCUT2D eigenvalue weighted by Crippen LogP contribution is -1.96. The fourth-order valence-electron chi connectivity index (χ4n) is 1.60. The van der Waals surface area contributed by atoms with Crippen molar-refractivity contribution in [1.82, 2.24) is 0 Å². The van der Waals surface area contributed by atoms with Gasteiger partial charge in [-0.2, -0.15) is 5.26 Å². The lowest BCUT2D eigenvalue weighted by atomic mass is 10.1. The van der Waals surface area contributed by atoms with Crippen LogP contribution in [0.5, 0.6) is 11.5 Å². The van der Waals surface area contributed by atoms with Crippen LogP contribution in [0.25, 0.3) is 0 Å². The number of nitrogens with zero attached hydrogens (tertiary/aromatic N) is 1. The van der Waals surface area contributed by atoms with Crippen molar-refractivity contribution in [3.63, 3.8) is 0 Å². The molecule has 2 aromatic carbocycles. The highest BCUT2D eigenvalue weighted by Crippen LogP contribution is 2.25. The summed E-state index contributed by atoms with van der Waals surface area (Å²) in [7, 11) is 0. The topological polar surface area (TPSA) is 50.1 Å². The number of carbonyl (C=O) groups is 1. The zero-order valence-electron chi connectivity index (χ0n) is 9.88. The van der Waals surface area contributed by atoms with Crippen LogP contribution in [-0.2, 0) is 0 Å². The molecule has 0 saturated heterocycles. The first kappa shape index (κ1) is 11.9. The Bertz CT molecular complexity index is 626. The highest BCUT2D eigenvalue weighted by Gasteiger charge is 2.08. The van der Waals surface area contributed by atoms with Crippen molar-refractivity contribution in [1.29, 1.82) is 5.26 Å². The molecule has 0 N–H and O–H groups in total. The van der Waals surface area contributed by atoms with Gasteiger partial charge in [0.15, 0.2) is 5.78 Å². The first-order valence-corrected chi connectivity index (χ1v) is 5.48. The second kappa shape index (κ2) is 5.15. The number of nitriles is 1. The monoisotopic (exact) mass is 237 g/mol. The number of hydrogen-bond donors (Lipinski definition) is 0. The molecule has 0 unspecified atom stereocenters. The second-order valence-electron chi connectivity index (χ2n) is 3.79. The second-order valence-corrected chi connectivity index (χ2v) is 3.79. The summed E-state index contributed by atoms with van der Waals surface area (Å²) >= 11 is 0. The number of rotatable bonds is 3. The highest BCUT2D eigenvalue weighted by molar-refractivity contribution is 5.96. The first-order chi connectivity index (χ1) is 8.70. The molecule has 88 valence electrons. The maximum absolute atomic E-state index is 11.4. The minimum Gasteiger partial charge on any atom is -0.457 e. The molecule has 0 amide bonds. The fourth-order valence-corrected chi connectivity index (χ4v) is 1.60. The van der Waals surface area contributed by atoms with Gasteiger partial charge in [0, 0.05) is 0 Å². The third-order valence-electron chi connectivity index (χ3n) is 2.46. The zero-order chi connectivity index (χ0) is 13.0. The van der Waals surface area contributed by atoms with E-state index in [1.165, 1.54) is 6.92 Å². The number of ketones is 1. The summed E-state index contributed by atoms with van der Waals surface area (Å²) in [4.78, 5) is 11.4. The van der Waals surface area contributed by atoms with Gasteiger partial charge in [-0.3, -0.25) is 4.79 Å². The van der Waals surface area contributed by atoms with Gasteiger partial charge < -0.3 is 4.74 Å². The first-order valence-electron chi connectivity index (χ1n) is 5.48. The lowest BCUT2D eigenvalue weighted by molar-refractivity contribution is 0.101. The maximum Gasteiger partial charge on any atom is 0.163 e. The van der Waals surface area contributed by atoms with E-state index in [0.29, 0.717) is 22.6 Å². The molecule has 2 aromatic rings. The summed E-state index contributed by atoms with van der Waals surface area (Å²) in [5, 5.41) is 8.81. The summed E-state index contributed by atoms with van der Waals surface area (Å²) < 4.78 is 5.64. The molecule has 2 rings (SSSR count). The van der Waals surface area contributed by atoms with E-state index in [-0.39, 0.29) is 5.78 Å². The molecular weight excluding hydrogens is 226 g/mol. The van der Waals surface area contributed by atoms with Crippen molar-refractivity contribution in [3.05, 3.63) is 59.7 Å². The molecule has 0 aromatic heterocycles. The van der Waals surface area contributed by atoms with Crippen molar-refractivity contribution in [2.75, 3.05) is 0 Å². The molecular formula is C15H11NO2. The average Bonchev–Trinajstić information content (AvgIpc) is 2.39. The Balaban J connectivity index is 2.34. The van der Waals surface area contributed by atoms with Gasteiger partial charge in [0.2, 0.25) is 0 Å². The van der Waals surface area contributed by atoms with E-state index in [1.807, 2.05) is 6.07 Å². The SMILES string of the molecule is CC(=O)c1ccccc1Oc1cccc(C#N)c1. The van der Waals surface area contributed by atoms with E-state index in [9.17, 15) is 4.79 Å². The van der Waals surface area contributed by atoms with E-state index in [4.69, 9.17) is 10.00 Å². The van der Waals surface area contributed by atoms with Crippen LogP contribution >= 0.6 is 0 Å². The van der Waals surface area contributed by atoms with E-state index in [0.717, 1.165) is 0 Å².